The van der Waals surface area contributed by atoms with E-state index in [-0.39, 0.29) is 0 Å². The molecule has 12 heavy (non-hydrogen) atoms. The maximum atomic E-state index is 5.92. The number of halogens is 1. The molecule has 0 bridgehead atoms. The largest absolute Gasteiger partial charge is 0.298 e. The lowest BCUT2D eigenvalue weighted by molar-refractivity contribution is 0.743. The molecule has 0 aliphatic rings. The van der Waals surface area contributed by atoms with E-state index in [2.05, 4.69) is 22.3 Å². The fourth-order valence-electron chi connectivity index (χ4n) is 0.937. The first-order valence-corrected chi connectivity index (χ1v) is 4.37. The number of rotatable bonds is 4. The SMILES string of the molecule is S=NNCCc1ccccc1Cl. The summed E-state index contributed by atoms with van der Waals surface area (Å²) < 4.78 is 3.37. The molecular weight excluding hydrogens is 192 g/mol. The van der Waals surface area contributed by atoms with E-state index in [0.29, 0.717) is 0 Å². The molecule has 0 heterocycles. The van der Waals surface area contributed by atoms with Crippen LogP contribution in [-0.2, 0) is 18.8 Å². The van der Waals surface area contributed by atoms with Crippen molar-refractivity contribution in [3.05, 3.63) is 34.9 Å². The van der Waals surface area contributed by atoms with Crippen molar-refractivity contribution < 1.29 is 0 Å². The van der Waals surface area contributed by atoms with Gasteiger partial charge in [-0.15, -0.1) is 4.47 Å². The van der Waals surface area contributed by atoms with Gasteiger partial charge in [0.2, 0.25) is 0 Å². The van der Waals surface area contributed by atoms with Crippen LogP contribution in [0, 0.1) is 0 Å². The molecule has 0 aromatic heterocycles. The number of nitrogens with one attached hydrogen (secondary N) is 1. The van der Waals surface area contributed by atoms with Gasteiger partial charge >= 0.3 is 0 Å². The third-order valence-electron chi connectivity index (χ3n) is 1.53. The fourth-order valence-corrected chi connectivity index (χ4v) is 1.26. The van der Waals surface area contributed by atoms with Gasteiger partial charge in [0.1, 0.15) is 0 Å². The van der Waals surface area contributed by atoms with Crippen LogP contribution in [0.4, 0.5) is 0 Å². The predicted octanol–water partition coefficient (Wildman–Crippen LogP) is 2.12. The highest BCUT2D eigenvalue weighted by atomic mass is 35.5. The molecule has 0 unspecified atom stereocenters. The standard InChI is InChI=1S/C8H9ClN2S/c9-8-4-2-1-3-7(8)5-6-10-11-12/h1-4H,5-6H2,(H,10,12). The summed E-state index contributed by atoms with van der Waals surface area (Å²) in [5.74, 6) is 0. The lowest BCUT2D eigenvalue weighted by Crippen LogP contribution is -2.08. The zero-order valence-corrected chi connectivity index (χ0v) is 8.03. The Kier molecular flexibility index (Phi) is 3.97. The highest BCUT2D eigenvalue weighted by Gasteiger charge is 1.96. The molecule has 1 rings (SSSR count). The minimum absolute atomic E-state index is 0.729. The number of hydrogen-bond acceptors (Lipinski definition) is 2. The Morgan fingerprint density at radius 2 is 2.17 bits per heavy atom. The molecular formula is C8H9ClN2S. The molecule has 1 aromatic rings. The van der Waals surface area contributed by atoms with Gasteiger partial charge in [0.25, 0.3) is 0 Å². The smallest absolute Gasteiger partial charge is 0.0625 e. The van der Waals surface area contributed by atoms with Crippen LogP contribution in [0.5, 0.6) is 0 Å². The molecule has 0 atom stereocenters. The zero-order chi connectivity index (χ0) is 8.81. The Hall–Kier alpha value is -0.670. The van der Waals surface area contributed by atoms with E-state index < -0.39 is 0 Å². The van der Waals surface area contributed by atoms with Crippen molar-refractivity contribution in [3.8, 4) is 0 Å². The summed E-state index contributed by atoms with van der Waals surface area (Å²) in [5, 5.41) is 0.795. The van der Waals surface area contributed by atoms with Crippen molar-refractivity contribution >= 4 is 24.0 Å². The summed E-state index contributed by atoms with van der Waals surface area (Å²) in [7, 11) is 0. The first-order chi connectivity index (χ1) is 5.84. The third-order valence-corrected chi connectivity index (χ3v) is 2.03. The summed E-state index contributed by atoms with van der Waals surface area (Å²) >= 11 is 10.3. The second-order valence-corrected chi connectivity index (χ2v) is 2.93. The lowest BCUT2D eigenvalue weighted by atomic mass is 10.1. The van der Waals surface area contributed by atoms with Crippen LogP contribution < -0.4 is 5.43 Å². The molecule has 0 radical (unpaired) electrons. The molecule has 0 amide bonds. The van der Waals surface area contributed by atoms with Gasteiger partial charge in [0, 0.05) is 11.6 Å². The van der Waals surface area contributed by atoms with Gasteiger partial charge in [0.05, 0.1) is 12.4 Å². The van der Waals surface area contributed by atoms with Crippen molar-refractivity contribution in [1.82, 2.24) is 5.43 Å². The van der Waals surface area contributed by atoms with Gasteiger partial charge in [-0.1, -0.05) is 29.8 Å². The van der Waals surface area contributed by atoms with Crippen molar-refractivity contribution in [2.24, 2.45) is 4.47 Å². The van der Waals surface area contributed by atoms with Gasteiger partial charge < -0.3 is 0 Å². The quantitative estimate of drug-likeness (QED) is 0.595. The van der Waals surface area contributed by atoms with Gasteiger partial charge in [-0.05, 0) is 18.1 Å². The van der Waals surface area contributed by atoms with E-state index in [1.807, 2.05) is 24.3 Å². The Labute approximate surface area is 82.1 Å². The highest BCUT2D eigenvalue weighted by molar-refractivity contribution is 7.47. The molecule has 0 spiro atoms. The second kappa shape index (κ2) is 5.06. The van der Waals surface area contributed by atoms with Crippen molar-refractivity contribution in [2.75, 3.05) is 6.54 Å². The third kappa shape index (κ3) is 2.75. The maximum Gasteiger partial charge on any atom is 0.0625 e. The summed E-state index contributed by atoms with van der Waals surface area (Å²) in [6, 6.07) is 7.75. The van der Waals surface area contributed by atoms with Crippen molar-refractivity contribution in [1.29, 1.82) is 0 Å². The van der Waals surface area contributed by atoms with Gasteiger partial charge in [-0.3, -0.25) is 5.43 Å². The van der Waals surface area contributed by atoms with Crippen LogP contribution in [-0.4, -0.2) is 6.54 Å². The van der Waals surface area contributed by atoms with Gasteiger partial charge in [-0.25, -0.2) is 0 Å². The Balaban J connectivity index is 2.51. The Bertz CT molecular complexity index is 265. The van der Waals surface area contributed by atoms with E-state index in [4.69, 9.17) is 11.6 Å². The average molecular weight is 201 g/mol. The van der Waals surface area contributed by atoms with E-state index in [0.717, 1.165) is 23.6 Å². The molecule has 0 saturated carbocycles. The van der Waals surface area contributed by atoms with Crippen LogP contribution in [0.15, 0.2) is 28.7 Å². The van der Waals surface area contributed by atoms with Crippen LogP contribution in [0.1, 0.15) is 5.56 Å². The summed E-state index contributed by atoms with van der Waals surface area (Å²) in [4.78, 5) is 0. The van der Waals surface area contributed by atoms with Gasteiger partial charge in [0.15, 0.2) is 0 Å². The minimum Gasteiger partial charge on any atom is -0.298 e. The summed E-state index contributed by atoms with van der Waals surface area (Å²) in [6.45, 7) is 0.729. The van der Waals surface area contributed by atoms with E-state index in [1.165, 1.54) is 0 Å². The molecule has 4 heteroatoms. The van der Waals surface area contributed by atoms with Crippen LogP contribution in [0.3, 0.4) is 0 Å². The molecule has 1 aromatic carbocycles. The van der Waals surface area contributed by atoms with Gasteiger partial charge in [-0.2, -0.15) is 0 Å². The van der Waals surface area contributed by atoms with Crippen LogP contribution >= 0.6 is 11.6 Å². The molecule has 64 valence electrons. The fraction of sp³-hybridized carbons (Fsp3) is 0.250. The van der Waals surface area contributed by atoms with Crippen LogP contribution in [0.2, 0.25) is 5.02 Å². The monoisotopic (exact) mass is 200 g/mol. The topological polar surface area (TPSA) is 24.4 Å². The minimum atomic E-state index is 0.729. The normalized spacial score (nSPS) is 9.42. The average Bonchev–Trinajstić information content (AvgIpc) is 2.09. The maximum absolute atomic E-state index is 5.92. The van der Waals surface area contributed by atoms with Crippen molar-refractivity contribution in [2.45, 2.75) is 6.42 Å². The molecule has 1 N–H and O–H groups in total. The summed E-state index contributed by atoms with van der Waals surface area (Å²) in [6.07, 6.45) is 0.847. The number of benzene rings is 1. The van der Waals surface area contributed by atoms with Crippen LogP contribution in [0.25, 0.3) is 0 Å². The molecule has 0 saturated heterocycles. The molecule has 0 aliphatic carbocycles. The molecule has 0 fully saturated rings. The molecule has 2 nitrogen and oxygen atoms in total. The van der Waals surface area contributed by atoms with E-state index in [1.54, 1.807) is 0 Å². The predicted molar refractivity (Wildman–Crippen MR) is 53.0 cm³/mol. The van der Waals surface area contributed by atoms with Crippen molar-refractivity contribution in [3.63, 3.8) is 0 Å². The number of nitrogens with zero attached hydrogens (tertiary/aromatic N) is 1. The first-order valence-electron chi connectivity index (χ1n) is 3.63. The molecule has 0 aliphatic heterocycles. The highest BCUT2D eigenvalue weighted by Crippen LogP contribution is 2.14. The summed E-state index contributed by atoms with van der Waals surface area (Å²) in [5.41, 5.74) is 3.82. The Morgan fingerprint density at radius 3 is 2.83 bits per heavy atom. The Morgan fingerprint density at radius 1 is 1.42 bits per heavy atom. The van der Waals surface area contributed by atoms with E-state index in [9.17, 15) is 0 Å². The zero-order valence-electron chi connectivity index (χ0n) is 6.46. The lowest BCUT2D eigenvalue weighted by Gasteiger charge is -2.01. The van der Waals surface area contributed by atoms with E-state index >= 15 is 0 Å². The first kappa shape index (κ1) is 9.42. The number of hydrogen-bond donors (Lipinski definition) is 1. The second-order valence-electron chi connectivity index (χ2n) is 2.34.